The average molecular weight is 405 g/mol. The maximum atomic E-state index is 13.4. The summed E-state index contributed by atoms with van der Waals surface area (Å²) >= 11 is 0. The van der Waals surface area contributed by atoms with Gasteiger partial charge in [-0.05, 0) is 58.9 Å². The minimum absolute atomic E-state index is 0.106. The van der Waals surface area contributed by atoms with Crippen LogP contribution >= 0.6 is 0 Å². The van der Waals surface area contributed by atoms with Gasteiger partial charge in [0, 0.05) is 23.2 Å². The van der Waals surface area contributed by atoms with E-state index >= 15 is 0 Å². The molecule has 0 saturated heterocycles. The van der Waals surface area contributed by atoms with E-state index in [1.165, 1.54) is 0 Å². The first kappa shape index (κ1) is 19.3. The lowest BCUT2D eigenvalue weighted by Gasteiger charge is -2.29. The maximum absolute atomic E-state index is 13.4. The SMILES string of the molecule is Cc1c(NC(=O)c2ccccc2)c2c(c3ccccc13)C(=O)CC(c1ccccc1)C2. The highest BCUT2D eigenvalue weighted by Gasteiger charge is 2.31. The molecule has 0 aromatic heterocycles. The number of carbonyl (C=O) groups is 2. The summed E-state index contributed by atoms with van der Waals surface area (Å²) in [5.41, 5.74) is 5.25. The van der Waals surface area contributed by atoms with Crippen LogP contribution in [0, 0.1) is 6.92 Å². The molecule has 5 rings (SSSR count). The van der Waals surface area contributed by atoms with Crippen molar-refractivity contribution in [2.24, 2.45) is 0 Å². The Hall–Kier alpha value is -3.72. The Bertz CT molecular complexity index is 1290. The van der Waals surface area contributed by atoms with Crippen molar-refractivity contribution in [3.63, 3.8) is 0 Å². The Labute approximate surface area is 181 Å². The van der Waals surface area contributed by atoms with E-state index in [1.54, 1.807) is 12.1 Å². The lowest BCUT2D eigenvalue weighted by atomic mass is 9.76. The van der Waals surface area contributed by atoms with E-state index in [0.29, 0.717) is 12.0 Å². The van der Waals surface area contributed by atoms with Gasteiger partial charge in [0.15, 0.2) is 5.78 Å². The molecule has 0 radical (unpaired) electrons. The van der Waals surface area contributed by atoms with Crippen molar-refractivity contribution in [3.8, 4) is 0 Å². The minimum atomic E-state index is -0.157. The molecule has 4 aromatic carbocycles. The highest BCUT2D eigenvalue weighted by molar-refractivity contribution is 6.15. The predicted molar refractivity (Wildman–Crippen MR) is 125 cm³/mol. The molecule has 152 valence electrons. The summed E-state index contributed by atoms with van der Waals surface area (Å²) in [5.74, 6) is 0.0890. The Morgan fingerprint density at radius 3 is 2.13 bits per heavy atom. The van der Waals surface area contributed by atoms with Crippen LogP contribution in [0.4, 0.5) is 5.69 Å². The fraction of sp³-hybridized carbons (Fsp3) is 0.143. The zero-order valence-corrected chi connectivity index (χ0v) is 17.4. The smallest absolute Gasteiger partial charge is 0.255 e. The van der Waals surface area contributed by atoms with Gasteiger partial charge < -0.3 is 5.32 Å². The molecule has 1 N–H and O–H groups in total. The number of amides is 1. The van der Waals surface area contributed by atoms with Gasteiger partial charge in [0.25, 0.3) is 5.91 Å². The molecule has 3 nitrogen and oxygen atoms in total. The van der Waals surface area contributed by atoms with Crippen molar-refractivity contribution in [2.75, 3.05) is 5.32 Å². The second-order valence-electron chi connectivity index (χ2n) is 8.16. The molecule has 1 atom stereocenters. The number of aryl methyl sites for hydroxylation is 1. The van der Waals surface area contributed by atoms with Crippen molar-refractivity contribution < 1.29 is 9.59 Å². The Morgan fingerprint density at radius 1 is 0.806 bits per heavy atom. The van der Waals surface area contributed by atoms with Crippen molar-refractivity contribution in [2.45, 2.75) is 25.7 Å². The largest absolute Gasteiger partial charge is 0.321 e. The molecule has 0 spiro atoms. The zero-order valence-electron chi connectivity index (χ0n) is 17.4. The van der Waals surface area contributed by atoms with Crippen LogP contribution in [0.3, 0.4) is 0 Å². The molecule has 4 aromatic rings. The molecule has 31 heavy (non-hydrogen) atoms. The van der Waals surface area contributed by atoms with Gasteiger partial charge in [0.1, 0.15) is 0 Å². The normalized spacial score (nSPS) is 15.5. The van der Waals surface area contributed by atoms with Crippen LogP contribution in [0.1, 0.15) is 49.7 Å². The number of nitrogens with one attached hydrogen (secondary N) is 1. The van der Waals surface area contributed by atoms with Crippen LogP contribution < -0.4 is 5.32 Å². The van der Waals surface area contributed by atoms with E-state index in [9.17, 15) is 9.59 Å². The van der Waals surface area contributed by atoms with Gasteiger partial charge in [-0.1, -0.05) is 72.8 Å². The molecule has 1 aliphatic carbocycles. The third kappa shape index (κ3) is 3.42. The number of benzene rings is 4. The first-order valence-electron chi connectivity index (χ1n) is 10.6. The summed E-state index contributed by atoms with van der Waals surface area (Å²) in [7, 11) is 0. The zero-order chi connectivity index (χ0) is 21.4. The second-order valence-corrected chi connectivity index (χ2v) is 8.16. The molecule has 0 bridgehead atoms. The standard InChI is InChI=1S/C28H23NO2/c1-18-22-14-8-9-15-23(22)26-24(27(18)29-28(31)20-12-6-3-7-13-20)16-21(17-25(26)30)19-10-4-2-5-11-19/h2-15,21H,16-17H2,1H3,(H,29,31). The number of hydrogen-bond donors (Lipinski definition) is 1. The highest BCUT2D eigenvalue weighted by atomic mass is 16.1. The van der Waals surface area contributed by atoms with Crippen LogP contribution in [-0.2, 0) is 6.42 Å². The van der Waals surface area contributed by atoms with Crippen molar-refractivity contribution in [3.05, 3.63) is 113 Å². The molecule has 0 saturated carbocycles. The summed E-state index contributed by atoms with van der Waals surface area (Å²) in [6.45, 7) is 2.03. The van der Waals surface area contributed by atoms with Crippen molar-refractivity contribution >= 4 is 28.2 Å². The van der Waals surface area contributed by atoms with Crippen LogP contribution in [0.2, 0.25) is 0 Å². The van der Waals surface area contributed by atoms with Crippen molar-refractivity contribution in [1.29, 1.82) is 0 Å². The number of anilines is 1. The number of hydrogen-bond acceptors (Lipinski definition) is 2. The third-order valence-electron chi connectivity index (χ3n) is 6.29. The number of fused-ring (bicyclic) bond motifs is 3. The fourth-order valence-corrected chi connectivity index (χ4v) is 4.75. The van der Waals surface area contributed by atoms with E-state index in [1.807, 2.05) is 67.6 Å². The van der Waals surface area contributed by atoms with Gasteiger partial charge in [-0.15, -0.1) is 0 Å². The summed E-state index contributed by atoms with van der Waals surface area (Å²) in [5, 5.41) is 5.13. The monoisotopic (exact) mass is 405 g/mol. The number of ketones is 1. The van der Waals surface area contributed by atoms with E-state index in [2.05, 4.69) is 17.4 Å². The molecule has 3 heteroatoms. The van der Waals surface area contributed by atoms with Gasteiger partial charge in [-0.25, -0.2) is 0 Å². The van der Waals surface area contributed by atoms with Crippen LogP contribution in [0.15, 0.2) is 84.9 Å². The summed E-state index contributed by atoms with van der Waals surface area (Å²) in [6, 6.07) is 27.4. The van der Waals surface area contributed by atoms with Gasteiger partial charge in [0.05, 0.1) is 0 Å². The summed E-state index contributed by atoms with van der Waals surface area (Å²) < 4.78 is 0. The van der Waals surface area contributed by atoms with E-state index in [4.69, 9.17) is 0 Å². The molecule has 0 heterocycles. The molecular formula is C28H23NO2. The molecule has 1 aliphatic rings. The highest BCUT2D eigenvalue weighted by Crippen LogP contribution is 2.42. The van der Waals surface area contributed by atoms with E-state index < -0.39 is 0 Å². The quantitative estimate of drug-likeness (QED) is 0.434. The third-order valence-corrected chi connectivity index (χ3v) is 6.29. The van der Waals surface area contributed by atoms with E-state index in [-0.39, 0.29) is 17.6 Å². The maximum Gasteiger partial charge on any atom is 0.255 e. The van der Waals surface area contributed by atoms with Crippen molar-refractivity contribution in [1.82, 2.24) is 0 Å². The predicted octanol–water partition coefficient (Wildman–Crippen LogP) is 6.31. The van der Waals surface area contributed by atoms with Crippen LogP contribution in [0.25, 0.3) is 10.8 Å². The topological polar surface area (TPSA) is 46.2 Å². The molecule has 1 amide bonds. The number of Topliss-reactive ketones (excluding diaryl/α,β-unsaturated/α-hetero) is 1. The average Bonchev–Trinajstić information content (AvgIpc) is 2.82. The van der Waals surface area contributed by atoms with Gasteiger partial charge >= 0.3 is 0 Å². The summed E-state index contributed by atoms with van der Waals surface area (Å²) in [4.78, 5) is 26.4. The first-order valence-corrected chi connectivity index (χ1v) is 10.6. The van der Waals surface area contributed by atoms with Crippen LogP contribution in [-0.4, -0.2) is 11.7 Å². The lowest BCUT2D eigenvalue weighted by molar-refractivity contribution is 0.0963. The first-order chi connectivity index (χ1) is 15.1. The second kappa shape index (κ2) is 7.84. The Morgan fingerprint density at radius 2 is 1.42 bits per heavy atom. The Balaban J connectivity index is 1.67. The summed E-state index contributed by atoms with van der Waals surface area (Å²) in [6.07, 6.45) is 1.21. The molecule has 1 unspecified atom stereocenters. The Kier molecular flexibility index (Phi) is 4.87. The van der Waals surface area contributed by atoms with Crippen LogP contribution in [0.5, 0.6) is 0 Å². The van der Waals surface area contributed by atoms with Gasteiger partial charge in [-0.3, -0.25) is 9.59 Å². The lowest BCUT2D eigenvalue weighted by Crippen LogP contribution is -2.23. The molecular weight excluding hydrogens is 382 g/mol. The number of rotatable bonds is 3. The number of carbonyl (C=O) groups excluding carboxylic acids is 2. The van der Waals surface area contributed by atoms with E-state index in [0.717, 1.165) is 45.1 Å². The molecule has 0 aliphatic heterocycles. The van der Waals surface area contributed by atoms with Gasteiger partial charge in [0.2, 0.25) is 0 Å². The minimum Gasteiger partial charge on any atom is -0.321 e. The fourth-order valence-electron chi connectivity index (χ4n) is 4.75. The molecule has 0 fully saturated rings. The van der Waals surface area contributed by atoms with Gasteiger partial charge in [-0.2, -0.15) is 0 Å².